The van der Waals surface area contributed by atoms with Gasteiger partial charge in [-0.2, -0.15) is 0 Å². The number of carbonyl (C=O) groups is 1. The molecule has 0 aliphatic heterocycles. The molecule has 0 aromatic heterocycles. The molecule has 0 heterocycles. The van der Waals surface area contributed by atoms with Crippen molar-refractivity contribution in [3.8, 4) is 0 Å². The Morgan fingerprint density at radius 2 is 2.07 bits per heavy atom. The predicted molar refractivity (Wildman–Crippen MR) is 58.2 cm³/mol. The third-order valence-electron chi connectivity index (χ3n) is 2.25. The summed E-state index contributed by atoms with van der Waals surface area (Å²) in [6.45, 7) is 8.15. The summed E-state index contributed by atoms with van der Waals surface area (Å²) in [7, 11) is 0. The maximum absolute atomic E-state index is 11.3. The predicted octanol–water partition coefficient (Wildman–Crippen LogP) is 1.97. The molecule has 0 aliphatic carbocycles. The van der Waals surface area contributed by atoms with Gasteiger partial charge in [-0.15, -0.1) is 0 Å². The minimum Gasteiger partial charge on any atom is -0.380 e. The Hall–Kier alpha value is -0.570. The van der Waals surface area contributed by atoms with Gasteiger partial charge >= 0.3 is 0 Å². The third-order valence-corrected chi connectivity index (χ3v) is 2.25. The molecule has 0 bridgehead atoms. The van der Waals surface area contributed by atoms with Gasteiger partial charge in [-0.3, -0.25) is 4.79 Å². The van der Waals surface area contributed by atoms with Gasteiger partial charge in [-0.05, 0) is 12.8 Å². The zero-order valence-corrected chi connectivity index (χ0v) is 9.64. The molecule has 3 heteroatoms. The van der Waals surface area contributed by atoms with E-state index in [0.29, 0.717) is 13.2 Å². The average molecular weight is 201 g/mol. The van der Waals surface area contributed by atoms with Crippen molar-refractivity contribution in [1.29, 1.82) is 0 Å². The van der Waals surface area contributed by atoms with Gasteiger partial charge in [0.2, 0.25) is 5.91 Å². The van der Waals surface area contributed by atoms with Gasteiger partial charge in [0.15, 0.2) is 0 Å². The van der Waals surface area contributed by atoms with Crippen LogP contribution in [-0.2, 0) is 9.53 Å². The lowest BCUT2D eigenvalue weighted by Crippen LogP contribution is -2.31. The Bertz CT molecular complexity index is 148. The van der Waals surface area contributed by atoms with E-state index < -0.39 is 0 Å². The minimum atomic E-state index is 0.116. The number of carbonyl (C=O) groups excluding carboxylic acids is 1. The monoisotopic (exact) mass is 201 g/mol. The van der Waals surface area contributed by atoms with Crippen molar-refractivity contribution in [3.05, 3.63) is 0 Å². The molecule has 0 rings (SSSR count). The van der Waals surface area contributed by atoms with Gasteiger partial charge in [0.25, 0.3) is 0 Å². The summed E-state index contributed by atoms with van der Waals surface area (Å²) >= 11 is 0. The smallest absolute Gasteiger partial charge is 0.222 e. The van der Waals surface area contributed by atoms with Crippen LogP contribution in [0.25, 0.3) is 0 Å². The molecule has 0 saturated carbocycles. The molecular weight excluding hydrogens is 178 g/mol. The molecule has 0 aromatic carbocycles. The van der Waals surface area contributed by atoms with Crippen LogP contribution in [0.5, 0.6) is 0 Å². The maximum atomic E-state index is 11.3. The topological polar surface area (TPSA) is 38.3 Å². The normalized spacial score (nSPS) is 12.5. The lowest BCUT2D eigenvalue weighted by atomic mass is 10.1. The molecule has 0 radical (unpaired) electrons. The first-order valence-electron chi connectivity index (χ1n) is 5.57. The molecule has 14 heavy (non-hydrogen) atoms. The van der Waals surface area contributed by atoms with E-state index in [4.69, 9.17) is 4.74 Å². The first kappa shape index (κ1) is 13.4. The summed E-state index contributed by atoms with van der Waals surface area (Å²) in [6.07, 6.45) is 3.14. The van der Waals surface area contributed by atoms with Crippen molar-refractivity contribution in [2.45, 2.75) is 40.0 Å². The van der Waals surface area contributed by atoms with Crippen molar-refractivity contribution >= 4 is 5.91 Å². The highest BCUT2D eigenvalue weighted by Crippen LogP contribution is 1.98. The quantitative estimate of drug-likeness (QED) is 0.610. The van der Waals surface area contributed by atoms with E-state index in [1.165, 1.54) is 0 Å². The second kappa shape index (κ2) is 9.00. The van der Waals surface area contributed by atoms with Crippen LogP contribution in [0, 0.1) is 5.92 Å². The maximum Gasteiger partial charge on any atom is 0.222 e. The van der Waals surface area contributed by atoms with Gasteiger partial charge in [0.1, 0.15) is 0 Å². The van der Waals surface area contributed by atoms with Crippen LogP contribution in [0.1, 0.15) is 40.0 Å². The third kappa shape index (κ3) is 6.89. The van der Waals surface area contributed by atoms with E-state index in [9.17, 15) is 4.79 Å². The first-order valence-corrected chi connectivity index (χ1v) is 5.57. The summed E-state index contributed by atoms with van der Waals surface area (Å²) in [5.74, 6) is 0.247. The Labute approximate surface area is 87.2 Å². The highest BCUT2D eigenvalue weighted by Gasteiger charge is 2.08. The molecular formula is C11H23NO2. The van der Waals surface area contributed by atoms with E-state index in [1.54, 1.807) is 0 Å². The van der Waals surface area contributed by atoms with Crippen LogP contribution in [-0.4, -0.2) is 25.7 Å². The van der Waals surface area contributed by atoms with E-state index in [1.807, 2.05) is 13.8 Å². The fourth-order valence-electron chi connectivity index (χ4n) is 0.954. The highest BCUT2D eigenvalue weighted by molar-refractivity contribution is 5.78. The Morgan fingerprint density at radius 1 is 1.36 bits per heavy atom. The van der Waals surface area contributed by atoms with Gasteiger partial charge in [-0.25, -0.2) is 0 Å². The number of nitrogens with one attached hydrogen (secondary N) is 1. The van der Waals surface area contributed by atoms with Gasteiger partial charge in [-0.1, -0.05) is 27.2 Å². The Morgan fingerprint density at radius 3 is 2.64 bits per heavy atom. The second-order valence-electron chi connectivity index (χ2n) is 3.57. The van der Waals surface area contributed by atoms with Crippen LogP contribution in [0.4, 0.5) is 0 Å². The SMILES string of the molecule is CCCCOCCNC(=O)C(C)CC. The minimum absolute atomic E-state index is 0.116. The highest BCUT2D eigenvalue weighted by atomic mass is 16.5. The average Bonchev–Trinajstić information content (AvgIpc) is 2.21. The fraction of sp³-hybridized carbons (Fsp3) is 0.909. The van der Waals surface area contributed by atoms with Crippen molar-refractivity contribution in [2.24, 2.45) is 5.92 Å². The molecule has 84 valence electrons. The first-order chi connectivity index (χ1) is 6.72. The van der Waals surface area contributed by atoms with Gasteiger partial charge < -0.3 is 10.1 Å². The number of rotatable bonds is 8. The van der Waals surface area contributed by atoms with E-state index >= 15 is 0 Å². The van der Waals surface area contributed by atoms with E-state index in [-0.39, 0.29) is 11.8 Å². The number of hydrogen-bond donors (Lipinski definition) is 1. The zero-order chi connectivity index (χ0) is 10.8. The molecule has 0 aliphatic rings. The summed E-state index contributed by atoms with van der Waals surface area (Å²) in [4.78, 5) is 11.3. The number of hydrogen-bond acceptors (Lipinski definition) is 2. The molecule has 1 unspecified atom stereocenters. The molecule has 1 atom stereocenters. The van der Waals surface area contributed by atoms with E-state index in [2.05, 4.69) is 12.2 Å². The van der Waals surface area contributed by atoms with Crippen molar-refractivity contribution in [1.82, 2.24) is 5.32 Å². The Balaban J connectivity index is 3.23. The standard InChI is InChI=1S/C11H23NO2/c1-4-6-8-14-9-7-12-11(13)10(3)5-2/h10H,4-9H2,1-3H3,(H,12,13). The number of unbranched alkanes of at least 4 members (excludes halogenated alkanes) is 1. The molecule has 0 saturated heterocycles. The zero-order valence-electron chi connectivity index (χ0n) is 9.64. The van der Waals surface area contributed by atoms with Crippen LogP contribution in [0.3, 0.4) is 0 Å². The largest absolute Gasteiger partial charge is 0.380 e. The fourth-order valence-corrected chi connectivity index (χ4v) is 0.954. The van der Waals surface area contributed by atoms with Gasteiger partial charge in [0.05, 0.1) is 6.61 Å². The lowest BCUT2D eigenvalue weighted by molar-refractivity contribution is -0.124. The molecule has 0 fully saturated rings. The van der Waals surface area contributed by atoms with E-state index in [0.717, 1.165) is 25.9 Å². The molecule has 0 spiro atoms. The number of amides is 1. The van der Waals surface area contributed by atoms with Crippen molar-refractivity contribution in [2.75, 3.05) is 19.8 Å². The summed E-state index contributed by atoms with van der Waals surface area (Å²) in [5.41, 5.74) is 0. The Kier molecular flexibility index (Phi) is 8.64. The molecule has 0 aromatic rings. The summed E-state index contributed by atoms with van der Waals surface area (Å²) < 4.78 is 5.32. The van der Waals surface area contributed by atoms with Gasteiger partial charge in [0, 0.05) is 19.1 Å². The second-order valence-corrected chi connectivity index (χ2v) is 3.57. The van der Waals surface area contributed by atoms with Crippen LogP contribution >= 0.6 is 0 Å². The van der Waals surface area contributed by atoms with Crippen molar-refractivity contribution < 1.29 is 9.53 Å². The lowest BCUT2D eigenvalue weighted by Gasteiger charge is -2.09. The van der Waals surface area contributed by atoms with Crippen molar-refractivity contribution in [3.63, 3.8) is 0 Å². The molecule has 3 nitrogen and oxygen atoms in total. The van der Waals surface area contributed by atoms with Crippen LogP contribution < -0.4 is 5.32 Å². The van der Waals surface area contributed by atoms with Crippen LogP contribution in [0.2, 0.25) is 0 Å². The summed E-state index contributed by atoms with van der Waals surface area (Å²) in [6, 6.07) is 0. The molecule has 1 N–H and O–H groups in total. The number of ether oxygens (including phenoxy) is 1. The summed E-state index contributed by atoms with van der Waals surface area (Å²) in [5, 5.41) is 2.85. The van der Waals surface area contributed by atoms with Crippen LogP contribution in [0.15, 0.2) is 0 Å². The molecule has 1 amide bonds.